The molecule has 0 aromatic heterocycles. The molecule has 0 aliphatic heterocycles. The van der Waals surface area contributed by atoms with Gasteiger partial charge >= 0.3 is 0 Å². The van der Waals surface area contributed by atoms with Crippen LogP contribution < -0.4 is 20.9 Å². The summed E-state index contributed by atoms with van der Waals surface area (Å²) >= 11 is 0. The van der Waals surface area contributed by atoms with Crippen molar-refractivity contribution in [1.29, 1.82) is 0 Å². The topological polar surface area (TPSA) is 87.6 Å². The number of amides is 1. The van der Waals surface area contributed by atoms with E-state index in [-0.39, 0.29) is 0 Å². The van der Waals surface area contributed by atoms with Crippen LogP contribution in [0.25, 0.3) is 0 Å². The number of benzene rings is 2. The SMILES string of the molecule is COc1ccc(N)c(Oc2c(C)cc(C(N)=O)cc2C)c1. The molecule has 0 unspecified atom stereocenters. The number of anilines is 1. The predicted octanol–water partition coefficient (Wildman–Crippen LogP) is 2.79. The Morgan fingerprint density at radius 3 is 2.24 bits per heavy atom. The van der Waals surface area contributed by atoms with E-state index in [2.05, 4.69) is 0 Å². The van der Waals surface area contributed by atoms with Gasteiger partial charge in [-0.2, -0.15) is 0 Å². The molecule has 5 nitrogen and oxygen atoms in total. The average molecular weight is 286 g/mol. The second-order valence-corrected chi connectivity index (χ2v) is 4.81. The van der Waals surface area contributed by atoms with Gasteiger partial charge in [-0.15, -0.1) is 0 Å². The van der Waals surface area contributed by atoms with Gasteiger partial charge in [0.25, 0.3) is 0 Å². The zero-order chi connectivity index (χ0) is 15.6. The Morgan fingerprint density at radius 1 is 1.10 bits per heavy atom. The van der Waals surface area contributed by atoms with Gasteiger partial charge in [-0.05, 0) is 49.2 Å². The van der Waals surface area contributed by atoms with Crippen molar-refractivity contribution in [2.45, 2.75) is 13.8 Å². The summed E-state index contributed by atoms with van der Waals surface area (Å²) in [5.74, 6) is 1.35. The monoisotopic (exact) mass is 286 g/mol. The number of methoxy groups -OCH3 is 1. The maximum atomic E-state index is 11.3. The molecule has 2 aromatic carbocycles. The molecule has 110 valence electrons. The van der Waals surface area contributed by atoms with Crippen molar-refractivity contribution in [3.63, 3.8) is 0 Å². The summed E-state index contributed by atoms with van der Waals surface area (Å²) < 4.78 is 11.1. The summed E-state index contributed by atoms with van der Waals surface area (Å²) in [6.07, 6.45) is 0. The molecule has 0 spiro atoms. The van der Waals surface area contributed by atoms with Gasteiger partial charge in [-0.25, -0.2) is 0 Å². The van der Waals surface area contributed by atoms with Crippen LogP contribution >= 0.6 is 0 Å². The van der Waals surface area contributed by atoms with Gasteiger partial charge in [0.15, 0.2) is 5.75 Å². The Balaban J connectivity index is 2.42. The van der Waals surface area contributed by atoms with Gasteiger partial charge in [-0.3, -0.25) is 4.79 Å². The number of carbonyl (C=O) groups is 1. The molecule has 0 aliphatic rings. The first kappa shape index (κ1) is 14.7. The number of nitrogens with two attached hydrogens (primary N) is 2. The van der Waals surface area contributed by atoms with Crippen LogP contribution in [0.5, 0.6) is 17.2 Å². The van der Waals surface area contributed by atoms with E-state index in [1.807, 2.05) is 13.8 Å². The van der Waals surface area contributed by atoms with Crippen molar-refractivity contribution in [3.8, 4) is 17.2 Å². The standard InChI is InChI=1S/C16H18N2O3/c1-9-6-11(16(18)19)7-10(2)15(9)21-14-8-12(20-3)4-5-13(14)17/h4-8H,17H2,1-3H3,(H2,18,19). The molecule has 0 saturated heterocycles. The van der Waals surface area contributed by atoms with Gasteiger partial charge in [0.2, 0.25) is 5.91 Å². The van der Waals surface area contributed by atoms with E-state index in [1.54, 1.807) is 37.4 Å². The molecule has 1 amide bonds. The largest absolute Gasteiger partial charge is 0.497 e. The molecule has 0 aliphatic carbocycles. The lowest BCUT2D eigenvalue weighted by Gasteiger charge is -2.15. The van der Waals surface area contributed by atoms with E-state index in [0.29, 0.717) is 28.5 Å². The highest BCUT2D eigenvalue weighted by molar-refractivity contribution is 5.93. The molecule has 2 aromatic rings. The van der Waals surface area contributed by atoms with E-state index < -0.39 is 5.91 Å². The summed E-state index contributed by atoms with van der Waals surface area (Å²) in [5, 5.41) is 0. The summed E-state index contributed by atoms with van der Waals surface area (Å²) in [6.45, 7) is 3.70. The van der Waals surface area contributed by atoms with Crippen LogP contribution in [0.15, 0.2) is 30.3 Å². The zero-order valence-electron chi connectivity index (χ0n) is 12.3. The first-order chi connectivity index (χ1) is 9.92. The van der Waals surface area contributed by atoms with Gasteiger partial charge < -0.3 is 20.9 Å². The molecule has 0 saturated carbocycles. The molecule has 0 radical (unpaired) electrons. The fourth-order valence-electron chi connectivity index (χ4n) is 2.09. The number of hydrogen-bond donors (Lipinski definition) is 2. The molecule has 0 fully saturated rings. The highest BCUT2D eigenvalue weighted by Crippen LogP contribution is 2.35. The molecule has 0 atom stereocenters. The van der Waals surface area contributed by atoms with Crippen molar-refractivity contribution in [1.82, 2.24) is 0 Å². The van der Waals surface area contributed by atoms with Crippen molar-refractivity contribution in [2.24, 2.45) is 5.73 Å². The average Bonchev–Trinajstić information content (AvgIpc) is 2.44. The normalized spacial score (nSPS) is 10.2. The highest BCUT2D eigenvalue weighted by Gasteiger charge is 2.12. The molecule has 0 heterocycles. The molecule has 2 rings (SSSR count). The Kier molecular flexibility index (Phi) is 4.03. The van der Waals surface area contributed by atoms with Crippen LogP contribution in [0.4, 0.5) is 5.69 Å². The lowest BCUT2D eigenvalue weighted by atomic mass is 10.1. The van der Waals surface area contributed by atoms with E-state index >= 15 is 0 Å². The smallest absolute Gasteiger partial charge is 0.248 e. The zero-order valence-corrected chi connectivity index (χ0v) is 12.3. The number of carbonyl (C=O) groups excluding carboxylic acids is 1. The third-order valence-corrected chi connectivity index (χ3v) is 3.18. The maximum absolute atomic E-state index is 11.3. The second-order valence-electron chi connectivity index (χ2n) is 4.81. The summed E-state index contributed by atoms with van der Waals surface area (Å²) in [6, 6.07) is 8.59. The van der Waals surface area contributed by atoms with Crippen molar-refractivity contribution < 1.29 is 14.3 Å². The minimum absolute atomic E-state index is 0.455. The molecule has 4 N–H and O–H groups in total. The summed E-state index contributed by atoms with van der Waals surface area (Å²) in [5.41, 5.74) is 13.8. The van der Waals surface area contributed by atoms with E-state index in [4.69, 9.17) is 20.9 Å². The van der Waals surface area contributed by atoms with E-state index in [0.717, 1.165) is 11.1 Å². The second kappa shape index (κ2) is 5.75. The number of rotatable bonds is 4. The Labute approximate surface area is 123 Å². The molecular weight excluding hydrogens is 268 g/mol. The molecular formula is C16H18N2O3. The number of hydrogen-bond acceptors (Lipinski definition) is 4. The van der Waals surface area contributed by atoms with E-state index in [9.17, 15) is 4.79 Å². The molecule has 21 heavy (non-hydrogen) atoms. The minimum Gasteiger partial charge on any atom is -0.497 e. The summed E-state index contributed by atoms with van der Waals surface area (Å²) in [4.78, 5) is 11.3. The van der Waals surface area contributed by atoms with Gasteiger partial charge in [0.1, 0.15) is 11.5 Å². The quantitative estimate of drug-likeness (QED) is 0.846. The van der Waals surface area contributed by atoms with Crippen molar-refractivity contribution in [3.05, 3.63) is 47.0 Å². The third-order valence-electron chi connectivity index (χ3n) is 3.18. The lowest BCUT2D eigenvalue weighted by molar-refractivity contribution is 0.1000. The van der Waals surface area contributed by atoms with Crippen LogP contribution in [0.3, 0.4) is 0 Å². The highest BCUT2D eigenvalue weighted by atomic mass is 16.5. The number of primary amides is 1. The predicted molar refractivity (Wildman–Crippen MR) is 81.9 cm³/mol. The van der Waals surface area contributed by atoms with Crippen LogP contribution in [0.2, 0.25) is 0 Å². The first-order valence-corrected chi connectivity index (χ1v) is 6.44. The van der Waals surface area contributed by atoms with E-state index in [1.165, 1.54) is 0 Å². The first-order valence-electron chi connectivity index (χ1n) is 6.44. The number of aryl methyl sites for hydroxylation is 2. The lowest BCUT2D eigenvalue weighted by Crippen LogP contribution is -2.11. The third kappa shape index (κ3) is 3.08. The fraction of sp³-hybridized carbons (Fsp3) is 0.188. The molecule has 0 bridgehead atoms. The van der Waals surface area contributed by atoms with Gasteiger partial charge in [0, 0.05) is 11.6 Å². The Bertz CT molecular complexity index is 673. The van der Waals surface area contributed by atoms with Gasteiger partial charge in [0.05, 0.1) is 12.8 Å². The van der Waals surface area contributed by atoms with Crippen LogP contribution in [0, 0.1) is 13.8 Å². The minimum atomic E-state index is -0.464. The van der Waals surface area contributed by atoms with Crippen LogP contribution in [-0.4, -0.2) is 13.0 Å². The number of nitrogen functional groups attached to an aromatic ring is 1. The fourth-order valence-corrected chi connectivity index (χ4v) is 2.09. The van der Waals surface area contributed by atoms with Crippen molar-refractivity contribution in [2.75, 3.05) is 12.8 Å². The summed E-state index contributed by atoms with van der Waals surface area (Å²) in [7, 11) is 1.58. The molecule has 5 heteroatoms. The maximum Gasteiger partial charge on any atom is 0.248 e. The Hall–Kier alpha value is -2.69. The van der Waals surface area contributed by atoms with Crippen LogP contribution in [-0.2, 0) is 0 Å². The van der Waals surface area contributed by atoms with Gasteiger partial charge in [-0.1, -0.05) is 0 Å². The Morgan fingerprint density at radius 2 is 1.71 bits per heavy atom. The van der Waals surface area contributed by atoms with Crippen LogP contribution in [0.1, 0.15) is 21.5 Å². The van der Waals surface area contributed by atoms with Crippen molar-refractivity contribution >= 4 is 11.6 Å². The number of ether oxygens (including phenoxy) is 2.